The number of hydrogen-bond acceptors (Lipinski definition) is 4. The van der Waals surface area contributed by atoms with Crippen molar-refractivity contribution in [2.75, 3.05) is 35.3 Å². The molecule has 1 aliphatic rings. The number of ketones is 1. The molecule has 8 rings (SSSR count). The molecule has 7 nitrogen and oxygen atoms in total. The maximum absolute atomic E-state index is 15.7. The minimum atomic E-state index is -1.48. The molecule has 260 valence electrons. The lowest BCUT2D eigenvalue weighted by atomic mass is 9.76. The summed E-state index contributed by atoms with van der Waals surface area (Å²) in [5, 5.41) is 0.820. The summed E-state index contributed by atoms with van der Waals surface area (Å²) in [6.07, 6.45) is 0. The quantitative estimate of drug-likeness (QED) is 0.152. The Hall–Kier alpha value is -6.73. The van der Waals surface area contributed by atoms with Crippen LogP contribution >= 0.6 is 0 Å². The fraction of sp³-hybridized carbons (Fsp3) is 0.109. The van der Waals surface area contributed by atoms with Gasteiger partial charge in [-0.25, -0.2) is 0 Å². The maximum Gasteiger partial charge on any atom is 0.246 e. The molecule has 7 heteroatoms. The number of likely N-dealkylation sites (N-methyl/N-ethyl adjacent to an activating group) is 2. The molecule has 2 amide bonds. The average molecular weight is 695 g/mol. The van der Waals surface area contributed by atoms with E-state index < -0.39 is 5.54 Å². The van der Waals surface area contributed by atoms with Gasteiger partial charge in [0.2, 0.25) is 11.8 Å². The second-order valence-electron chi connectivity index (χ2n) is 13.3. The SMILES string of the molecule is CN(C(=O)CN1c2ccccc2C(=O)[C@@]1(c1ccccc1)c1c(-c2ccccc2)n(CC(=O)N(C)c2ccccc2)c2ccccc12)c1ccccc1. The maximum atomic E-state index is 15.7. The molecular weight excluding hydrogens is 657 g/mol. The second-order valence-corrected chi connectivity index (χ2v) is 13.3. The van der Waals surface area contributed by atoms with Crippen molar-refractivity contribution in [1.82, 2.24) is 4.57 Å². The summed E-state index contributed by atoms with van der Waals surface area (Å²) in [6, 6.07) is 54.3. The third-order valence-corrected chi connectivity index (χ3v) is 10.4. The highest BCUT2D eigenvalue weighted by Gasteiger charge is 2.57. The number of carbonyl (C=O) groups excluding carboxylic acids is 3. The number of benzene rings is 6. The van der Waals surface area contributed by atoms with Crippen molar-refractivity contribution in [3.63, 3.8) is 0 Å². The predicted molar refractivity (Wildman–Crippen MR) is 212 cm³/mol. The van der Waals surface area contributed by atoms with Crippen LogP contribution in [0.2, 0.25) is 0 Å². The zero-order valence-corrected chi connectivity index (χ0v) is 29.6. The van der Waals surface area contributed by atoms with Gasteiger partial charge >= 0.3 is 0 Å². The molecule has 53 heavy (non-hydrogen) atoms. The van der Waals surface area contributed by atoms with Crippen LogP contribution in [0.1, 0.15) is 21.5 Å². The molecule has 0 bridgehead atoms. The monoisotopic (exact) mass is 694 g/mol. The molecule has 0 fully saturated rings. The summed E-state index contributed by atoms with van der Waals surface area (Å²) in [5.41, 5.74) is 5.09. The predicted octanol–water partition coefficient (Wildman–Crippen LogP) is 8.58. The zero-order chi connectivity index (χ0) is 36.5. The van der Waals surface area contributed by atoms with E-state index in [1.165, 1.54) is 0 Å². The second kappa shape index (κ2) is 13.8. The summed E-state index contributed by atoms with van der Waals surface area (Å²) in [6.45, 7) is -0.0791. The third-order valence-electron chi connectivity index (χ3n) is 10.4. The lowest BCUT2D eigenvalue weighted by Gasteiger charge is -2.40. The first-order valence-corrected chi connectivity index (χ1v) is 17.7. The number of Topliss-reactive ketones (excluding diaryl/α,β-unsaturated/α-hetero) is 1. The highest BCUT2D eigenvalue weighted by Crippen LogP contribution is 2.54. The van der Waals surface area contributed by atoms with E-state index in [0.29, 0.717) is 11.3 Å². The number of nitrogens with zero attached hydrogens (tertiary/aromatic N) is 4. The van der Waals surface area contributed by atoms with Crippen LogP contribution in [0.15, 0.2) is 170 Å². The molecule has 0 spiro atoms. The number of anilines is 3. The average Bonchev–Trinajstić information content (AvgIpc) is 3.67. The molecule has 0 radical (unpaired) electrons. The number of hydrogen-bond donors (Lipinski definition) is 0. The van der Waals surface area contributed by atoms with Crippen molar-refractivity contribution in [1.29, 1.82) is 0 Å². The van der Waals surface area contributed by atoms with Gasteiger partial charge in [0.25, 0.3) is 0 Å². The summed E-state index contributed by atoms with van der Waals surface area (Å²) >= 11 is 0. The van der Waals surface area contributed by atoms with Crippen LogP contribution in [-0.4, -0.2) is 42.8 Å². The Labute approximate surface area is 308 Å². The van der Waals surface area contributed by atoms with Crippen molar-refractivity contribution in [2.45, 2.75) is 12.1 Å². The van der Waals surface area contributed by atoms with E-state index in [1.54, 1.807) is 23.9 Å². The molecule has 0 saturated carbocycles. The van der Waals surface area contributed by atoms with Crippen LogP contribution in [0, 0.1) is 0 Å². The minimum absolute atomic E-state index is 0.0117. The molecule has 1 aliphatic heterocycles. The molecule has 0 aliphatic carbocycles. The summed E-state index contributed by atoms with van der Waals surface area (Å²) in [7, 11) is 3.55. The van der Waals surface area contributed by atoms with E-state index in [-0.39, 0.29) is 30.7 Å². The topological polar surface area (TPSA) is 65.9 Å². The van der Waals surface area contributed by atoms with E-state index in [2.05, 4.69) is 0 Å². The van der Waals surface area contributed by atoms with E-state index in [9.17, 15) is 9.59 Å². The van der Waals surface area contributed by atoms with Crippen LogP contribution in [0.3, 0.4) is 0 Å². The Kier molecular flexibility index (Phi) is 8.68. The lowest BCUT2D eigenvalue weighted by Crippen LogP contribution is -2.52. The Balaban J connectivity index is 1.42. The molecule has 0 saturated heterocycles. The number of rotatable bonds is 9. The molecule has 7 aromatic rings. The Morgan fingerprint density at radius 1 is 0.566 bits per heavy atom. The van der Waals surface area contributed by atoms with Gasteiger partial charge in [-0.2, -0.15) is 0 Å². The minimum Gasteiger partial charge on any atom is -0.341 e. The first-order chi connectivity index (χ1) is 25.9. The molecule has 1 aromatic heterocycles. The fourth-order valence-corrected chi connectivity index (χ4v) is 7.77. The van der Waals surface area contributed by atoms with Crippen molar-refractivity contribution in [3.8, 4) is 11.3 Å². The molecule has 6 aromatic carbocycles. The van der Waals surface area contributed by atoms with E-state index in [4.69, 9.17) is 0 Å². The zero-order valence-electron chi connectivity index (χ0n) is 29.6. The Morgan fingerprint density at radius 3 is 1.68 bits per heavy atom. The number of para-hydroxylation sites is 4. The number of carbonyl (C=O) groups is 3. The smallest absolute Gasteiger partial charge is 0.246 e. The first kappa shape index (κ1) is 33.4. The van der Waals surface area contributed by atoms with E-state index in [1.807, 2.05) is 179 Å². The van der Waals surface area contributed by atoms with Crippen molar-refractivity contribution in [3.05, 3.63) is 187 Å². The summed E-state index contributed by atoms with van der Waals surface area (Å²) < 4.78 is 2.04. The van der Waals surface area contributed by atoms with Crippen LogP contribution in [0.5, 0.6) is 0 Å². The molecule has 0 N–H and O–H groups in total. The molecule has 1 atom stereocenters. The lowest BCUT2D eigenvalue weighted by molar-refractivity contribution is -0.119. The van der Waals surface area contributed by atoms with Crippen LogP contribution in [0.4, 0.5) is 17.1 Å². The summed E-state index contributed by atoms with van der Waals surface area (Å²) in [5.74, 6) is -0.431. The fourth-order valence-electron chi connectivity index (χ4n) is 7.77. The van der Waals surface area contributed by atoms with Gasteiger partial charge in [0.15, 0.2) is 11.3 Å². The van der Waals surface area contributed by atoms with Crippen molar-refractivity contribution in [2.24, 2.45) is 0 Å². The van der Waals surface area contributed by atoms with Gasteiger partial charge in [-0.3, -0.25) is 14.4 Å². The molecule has 0 unspecified atom stereocenters. The highest BCUT2D eigenvalue weighted by atomic mass is 16.2. The van der Waals surface area contributed by atoms with Crippen LogP contribution in [0.25, 0.3) is 22.2 Å². The Bertz CT molecular complexity index is 2450. The number of amides is 2. The highest BCUT2D eigenvalue weighted by molar-refractivity contribution is 6.20. The van der Waals surface area contributed by atoms with Gasteiger partial charge < -0.3 is 19.3 Å². The van der Waals surface area contributed by atoms with Gasteiger partial charge in [-0.1, -0.05) is 127 Å². The first-order valence-electron chi connectivity index (χ1n) is 17.7. The molecule has 2 heterocycles. The summed E-state index contributed by atoms with van der Waals surface area (Å²) in [4.78, 5) is 49.7. The normalized spacial score (nSPS) is 15.0. The van der Waals surface area contributed by atoms with Gasteiger partial charge in [0.1, 0.15) is 6.54 Å². The van der Waals surface area contributed by atoms with Gasteiger partial charge in [-0.05, 0) is 53.6 Å². The van der Waals surface area contributed by atoms with Crippen molar-refractivity contribution >= 4 is 45.6 Å². The van der Waals surface area contributed by atoms with Crippen LogP contribution < -0.4 is 14.7 Å². The van der Waals surface area contributed by atoms with Gasteiger partial charge in [-0.15, -0.1) is 0 Å². The Morgan fingerprint density at radius 2 is 1.06 bits per heavy atom. The number of fused-ring (bicyclic) bond motifs is 2. The van der Waals surface area contributed by atoms with Crippen LogP contribution in [-0.2, 0) is 21.7 Å². The van der Waals surface area contributed by atoms with E-state index in [0.717, 1.165) is 44.7 Å². The van der Waals surface area contributed by atoms with E-state index >= 15 is 4.79 Å². The number of aromatic nitrogens is 1. The third kappa shape index (κ3) is 5.58. The van der Waals surface area contributed by atoms with Crippen molar-refractivity contribution < 1.29 is 14.4 Å². The van der Waals surface area contributed by atoms with Gasteiger partial charge in [0, 0.05) is 53.2 Å². The largest absolute Gasteiger partial charge is 0.341 e. The standard InChI is InChI=1S/C46H38N4O3/c1-47(35-23-11-5-12-24-35)41(51)31-49-39-29-17-15-27-37(39)43(44(49)33-19-7-3-8-20-33)46(34-21-9-4-10-22-34)45(53)38-28-16-18-30-40(38)50(46)32-42(52)48(2)36-25-13-6-14-26-36/h3-30H,31-32H2,1-2H3/t46-/m1/s1. The van der Waals surface area contributed by atoms with Gasteiger partial charge in [0.05, 0.1) is 12.2 Å². The molecular formula is C46H38N4O3.